The molecule has 0 saturated heterocycles. The second kappa shape index (κ2) is 5.11. The zero-order valence-electron chi connectivity index (χ0n) is 11.2. The predicted octanol–water partition coefficient (Wildman–Crippen LogP) is 2.76. The minimum absolute atomic E-state index is 0.0811. The first-order chi connectivity index (χ1) is 9.22. The molecule has 1 aliphatic heterocycles. The molecule has 1 aromatic carbocycles. The largest absolute Gasteiger partial charge is 0.397 e. The summed E-state index contributed by atoms with van der Waals surface area (Å²) in [4.78, 5) is 11.3. The monoisotopic (exact) mass is 259 g/mol. The van der Waals surface area contributed by atoms with Gasteiger partial charge in [0.2, 0.25) is 5.91 Å². The van der Waals surface area contributed by atoms with Gasteiger partial charge in [-0.2, -0.15) is 0 Å². The zero-order valence-corrected chi connectivity index (χ0v) is 11.2. The van der Waals surface area contributed by atoms with Gasteiger partial charge in [0, 0.05) is 18.7 Å². The van der Waals surface area contributed by atoms with Crippen LogP contribution in [0.1, 0.15) is 37.7 Å². The van der Waals surface area contributed by atoms with Crippen LogP contribution in [0.3, 0.4) is 0 Å². The van der Waals surface area contributed by atoms with Crippen molar-refractivity contribution in [2.45, 2.75) is 38.5 Å². The second-order valence-corrected chi connectivity index (χ2v) is 5.66. The molecule has 1 heterocycles. The van der Waals surface area contributed by atoms with Crippen molar-refractivity contribution < 1.29 is 4.79 Å². The lowest BCUT2D eigenvalue weighted by atomic mass is 9.83. The Morgan fingerprint density at radius 3 is 2.89 bits per heavy atom. The Morgan fingerprint density at radius 2 is 2.16 bits per heavy atom. The van der Waals surface area contributed by atoms with Gasteiger partial charge in [-0.3, -0.25) is 4.79 Å². The molecule has 1 fully saturated rings. The predicted molar refractivity (Wildman–Crippen MR) is 78.3 cm³/mol. The van der Waals surface area contributed by atoms with Crippen molar-refractivity contribution >= 4 is 23.0 Å². The summed E-state index contributed by atoms with van der Waals surface area (Å²) in [5, 5.41) is 6.31. The van der Waals surface area contributed by atoms with E-state index < -0.39 is 0 Å². The van der Waals surface area contributed by atoms with Crippen molar-refractivity contribution in [3.8, 4) is 0 Å². The van der Waals surface area contributed by atoms with Crippen molar-refractivity contribution in [2.24, 2.45) is 5.92 Å². The molecule has 0 radical (unpaired) electrons. The van der Waals surface area contributed by atoms with Crippen LogP contribution in [-0.4, -0.2) is 12.5 Å². The van der Waals surface area contributed by atoms with E-state index in [1.165, 1.54) is 31.2 Å². The Bertz CT molecular complexity index is 494. The normalized spacial score (nSPS) is 18.4. The molecule has 4 heteroatoms. The average Bonchev–Trinajstić information content (AvgIpc) is 2.32. The van der Waals surface area contributed by atoms with Crippen molar-refractivity contribution in [1.82, 2.24) is 0 Å². The van der Waals surface area contributed by atoms with Crippen LogP contribution < -0.4 is 16.4 Å². The fourth-order valence-corrected chi connectivity index (χ4v) is 2.79. The van der Waals surface area contributed by atoms with Crippen molar-refractivity contribution in [3.63, 3.8) is 0 Å². The van der Waals surface area contributed by atoms with E-state index >= 15 is 0 Å². The highest BCUT2D eigenvalue weighted by Gasteiger charge is 2.18. The van der Waals surface area contributed by atoms with E-state index in [0.717, 1.165) is 35.9 Å². The molecule has 0 atom stereocenters. The number of hydrogen-bond donors (Lipinski definition) is 3. The Kier molecular flexibility index (Phi) is 3.32. The van der Waals surface area contributed by atoms with Gasteiger partial charge in [-0.15, -0.1) is 0 Å². The summed E-state index contributed by atoms with van der Waals surface area (Å²) < 4.78 is 0. The quantitative estimate of drug-likeness (QED) is 0.728. The number of hydrogen-bond acceptors (Lipinski definition) is 3. The maximum absolute atomic E-state index is 11.3. The van der Waals surface area contributed by atoms with Gasteiger partial charge in [-0.25, -0.2) is 0 Å². The third kappa shape index (κ3) is 2.67. The van der Waals surface area contributed by atoms with Crippen molar-refractivity contribution in [1.29, 1.82) is 0 Å². The molecule has 1 aromatic rings. The average molecular weight is 259 g/mol. The van der Waals surface area contributed by atoms with E-state index in [4.69, 9.17) is 5.73 Å². The SMILES string of the molecule is Nc1cc2c(cc1NCCC1CCC1)CCC(=O)N2. The van der Waals surface area contributed by atoms with E-state index in [1.54, 1.807) is 0 Å². The van der Waals surface area contributed by atoms with E-state index in [9.17, 15) is 4.79 Å². The number of amides is 1. The number of carbonyl (C=O) groups excluding carboxylic acids is 1. The Balaban J connectivity index is 1.65. The molecular formula is C15H21N3O. The second-order valence-electron chi connectivity index (χ2n) is 5.66. The van der Waals surface area contributed by atoms with E-state index in [0.29, 0.717) is 6.42 Å². The van der Waals surface area contributed by atoms with Crippen LogP contribution in [0, 0.1) is 5.92 Å². The molecule has 19 heavy (non-hydrogen) atoms. The lowest BCUT2D eigenvalue weighted by molar-refractivity contribution is -0.116. The number of fused-ring (bicyclic) bond motifs is 1. The number of nitrogens with two attached hydrogens (primary N) is 1. The Hall–Kier alpha value is -1.71. The van der Waals surface area contributed by atoms with Crippen molar-refractivity contribution in [2.75, 3.05) is 22.9 Å². The first-order valence-electron chi connectivity index (χ1n) is 7.18. The number of anilines is 3. The van der Waals surface area contributed by atoms with Crippen LogP contribution in [0.5, 0.6) is 0 Å². The first-order valence-corrected chi connectivity index (χ1v) is 7.18. The van der Waals surface area contributed by atoms with Gasteiger partial charge in [-0.05, 0) is 36.5 Å². The Morgan fingerprint density at radius 1 is 1.32 bits per heavy atom. The van der Waals surface area contributed by atoms with Gasteiger partial charge in [0.1, 0.15) is 0 Å². The summed E-state index contributed by atoms with van der Waals surface area (Å²) in [6.07, 6.45) is 6.76. The number of carbonyl (C=O) groups is 1. The van der Waals surface area contributed by atoms with Gasteiger partial charge in [0.25, 0.3) is 0 Å². The maximum Gasteiger partial charge on any atom is 0.224 e. The molecule has 1 amide bonds. The molecular weight excluding hydrogens is 238 g/mol. The summed E-state index contributed by atoms with van der Waals surface area (Å²) in [5.41, 5.74) is 9.82. The summed E-state index contributed by atoms with van der Waals surface area (Å²) in [6.45, 7) is 0.986. The summed E-state index contributed by atoms with van der Waals surface area (Å²) in [6, 6.07) is 3.96. The summed E-state index contributed by atoms with van der Waals surface area (Å²) in [5.74, 6) is 0.989. The lowest BCUT2D eigenvalue weighted by Crippen LogP contribution is -2.20. The third-order valence-electron chi connectivity index (χ3n) is 4.26. The fourth-order valence-electron chi connectivity index (χ4n) is 2.79. The minimum Gasteiger partial charge on any atom is -0.397 e. The number of benzene rings is 1. The molecule has 1 saturated carbocycles. The molecule has 4 nitrogen and oxygen atoms in total. The van der Waals surface area contributed by atoms with Crippen LogP contribution in [0.2, 0.25) is 0 Å². The van der Waals surface area contributed by atoms with Crippen LogP contribution in [0.4, 0.5) is 17.1 Å². The minimum atomic E-state index is 0.0811. The summed E-state index contributed by atoms with van der Waals surface area (Å²) >= 11 is 0. The highest BCUT2D eigenvalue weighted by molar-refractivity contribution is 5.95. The van der Waals surface area contributed by atoms with Crippen LogP contribution >= 0.6 is 0 Å². The summed E-state index contributed by atoms with van der Waals surface area (Å²) in [7, 11) is 0. The van der Waals surface area contributed by atoms with E-state index in [2.05, 4.69) is 16.7 Å². The zero-order chi connectivity index (χ0) is 13.2. The third-order valence-corrected chi connectivity index (χ3v) is 4.26. The smallest absolute Gasteiger partial charge is 0.224 e. The highest BCUT2D eigenvalue weighted by atomic mass is 16.1. The highest BCUT2D eigenvalue weighted by Crippen LogP contribution is 2.32. The topological polar surface area (TPSA) is 67.1 Å². The molecule has 1 aliphatic carbocycles. The number of aryl methyl sites for hydroxylation is 1. The lowest BCUT2D eigenvalue weighted by Gasteiger charge is -2.26. The van der Waals surface area contributed by atoms with Crippen LogP contribution in [-0.2, 0) is 11.2 Å². The molecule has 0 unspecified atom stereocenters. The molecule has 3 rings (SSSR count). The molecule has 4 N–H and O–H groups in total. The Labute approximate surface area is 113 Å². The van der Waals surface area contributed by atoms with Gasteiger partial charge in [-0.1, -0.05) is 19.3 Å². The number of nitrogen functional groups attached to an aromatic ring is 1. The molecule has 0 spiro atoms. The van der Waals surface area contributed by atoms with Gasteiger partial charge < -0.3 is 16.4 Å². The van der Waals surface area contributed by atoms with Gasteiger partial charge in [0.15, 0.2) is 0 Å². The first kappa shape index (κ1) is 12.3. The van der Waals surface area contributed by atoms with Gasteiger partial charge >= 0.3 is 0 Å². The molecule has 2 aliphatic rings. The van der Waals surface area contributed by atoms with Crippen LogP contribution in [0.15, 0.2) is 12.1 Å². The standard InChI is InChI=1S/C15H21N3O/c16-12-9-13-11(4-5-15(19)18-13)8-14(12)17-7-6-10-2-1-3-10/h8-10,17H,1-7,16H2,(H,18,19). The molecule has 0 aromatic heterocycles. The molecule has 102 valence electrons. The maximum atomic E-state index is 11.3. The van der Waals surface area contributed by atoms with Gasteiger partial charge in [0.05, 0.1) is 11.4 Å². The fraction of sp³-hybridized carbons (Fsp3) is 0.533. The van der Waals surface area contributed by atoms with E-state index in [1.807, 2.05) is 6.07 Å². The van der Waals surface area contributed by atoms with E-state index in [-0.39, 0.29) is 5.91 Å². The number of rotatable bonds is 4. The van der Waals surface area contributed by atoms with Crippen LogP contribution in [0.25, 0.3) is 0 Å². The number of nitrogens with one attached hydrogen (secondary N) is 2. The molecule has 0 bridgehead atoms. The van der Waals surface area contributed by atoms with Crippen molar-refractivity contribution in [3.05, 3.63) is 17.7 Å².